The fourth-order valence-corrected chi connectivity index (χ4v) is 2.91. The van der Waals surface area contributed by atoms with Crippen LogP contribution in [-0.4, -0.2) is 34.7 Å². The highest BCUT2D eigenvalue weighted by Gasteiger charge is 2.16. The number of fused-ring (bicyclic) bond motifs is 1. The molecule has 0 N–H and O–H groups in total. The van der Waals surface area contributed by atoms with Crippen molar-refractivity contribution in [1.82, 2.24) is 14.5 Å². The van der Waals surface area contributed by atoms with E-state index in [2.05, 4.69) is 25.9 Å². The highest BCUT2D eigenvalue weighted by molar-refractivity contribution is 9.10. The van der Waals surface area contributed by atoms with Crippen molar-refractivity contribution in [2.75, 3.05) is 19.1 Å². The Morgan fingerprint density at radius 1 is 1.38 bits per heavy atom. The van der Waals surface area contributed by atoms with Crippen LogP contribution in [0.5, 0.6) is 0 Å². The summed E-state index contributed by atoms with van der Waals surface area (Å²) in [4.78, 5) is 22.7. The molecule has 3 aromatic rings. The molecule has 2 aromatic heterocycles. The van der Waals surface area contributed by atoms with Crippen LogP contribution in [0, 0.1) is 0 Å². The van der Waals surface area contributed by atoms with Crippen LogP contribution in [-0.2, 0) is 18.3 Å². The number of anilines is 1. The molecule has 0 spiro atoms. The molecule has 1 aromatic carbocycles. The van der Waals surface area contributed by atoms with Gasteiger partial charge in [0.05, 0.1) is 19.2 Å². The van der Waals surface area contributed by atoms with Gasteiger partial charge in [-0.15, -0.1) is 0 Å². The number of aromatic nitrogens is 3. The second kappa shape index (κ2) is 6.60. The van der Waals surface area contributed by atoms with Gasteiger partial charge in [-0.2, -0.15) is 0 Å². The second-order valence-corrected chi connectivity index (χ2v) is 6.41. The Morgan fingerprint density at radius 2 is 2.17 bits per heavy atom. The predicted octanol–water partition coefficient (Wildman–Crippen LogP) is 3.15. The molecule has 0 radical (unpaired) electrons. The lowest BCUT2D eigenvalue weighted by molar-refractivity contribution is 0.0594. The van der Waals surface area contributed by atoms with Crippen LogP contribution in [0.1, 0.15) is 16.3 Å². The minimum absolute atomic E-state index is 0.286. The Hall–Kier alpha value is -2.41. The van der Waals surface area contributed by atoms with E-state index < -0.39 is 5.97 Å². The largest absolute Gasteiger partial charge is 0.464 e. The summed E-state index contributed by atoms with van der Waals surface area (Å²) in [6, 6.07) is 7.53. The number of halogens is 1. The average Bonchev–Trinajstić information content (AvgIpc) is 2.97. The number of nitrogens with zero attached hydrogens (tertiary/aromatic N) is 4. The van der Waals surface area contributed by atoms with Crippen LogP contribution in [0.25, 0.3) is 10.9 Å². The van der Waals surface area contributed by atoms with Crippen molar-refractivity contribution in [2.45, 2.75) is 6.54 Å². The molecule has 3 rings (SSSR count). The van der Waals surface area contributed by atoms with Gasteiger partial charge < -0.3 is 14.2 Å². The minimum Gasteiger partial charge on any atom is -0.464 e. The van der Waals surface area contributed by atoms with Crippen molar-refractivity contribution < 1.29 is 9.53 Å². The summed E-state index contributed by atoms with van der Waals surface area (Å²) in [6.45, 7) is 0.607. The third-order valence-corrected chi connectivity index (χ3v) is 4.35. The lowest BCUT2D eigenvalue weighted by Crippen LogP contribution is -2.20. The lowest BCUT2D eigenvalue weighted by Gasteiger charge is -2.21. The monoisotopic (exact) mass is 388 g/mol. The zero-order valence-corrected chi connectivity index (χ0v) is 15.2. The molecule has 6 nitrogen and oxygen atoms in total. The summed E-state index contributed by atoms with van der Waals surface area (Å²) in [6.07, 6.45) is 3.68. The van der Waals surface area contributed by atoms with Gasteiger partial charge >= 0.3 is 5.97 Å². The first-order valence-corrected chi connectivity index (χ1v) is 8.15. The van der Waals surface area contributed by atoms with Crippen LogP contribution in [0.3, 0.4) is 0 Å². The molecule has 2 heterocycles. The molecule has 0 unspecified atom stereocenters. The number of imidazole rings is 1. The normalized spacial score (nSPS) is 10.8. The van der Waals surface area contributed by atoms with Gasteiger partial charge in [0.2, 0.25) is 0 Å². The van der Waals surface area contributed by atoms with Crippen molar-refractivity contribution in [2.24, 2.45) is 7.05 Å². The third-order valence-electron chi connectivity index (χ3n) is 3.85. The quantitative estimate of drug-likeness (QED) is 0.642. The maximum absolute atomic E-state index is 11.9. The first-order chi connectivity index (χ1) is 11.5. The Kier molecular flexibility index (Phi) is 4.53. The van der Waals surface area contributed by atoms with Gasteiger partial charge in [-0.25, -0.2) is 14.8 Å². The van der Waals surface area contributed by atoms with Crippen LogP contribution >= 0.6 is 15.9 Å². The zero-order valence-electron chi connectivity index (χ0n) is 13.7. The first kappa shape index (κ1) is 16.4. The number of carbonyl (C=O) groups excluding carboxylic acids is 1. The van der Waals surface area contributed by atoms with Gasteiger partial charge in [0.15, 0.2) is 5.69 Å². The minimum atomic E-state index is -0.452. The summed E-state index contributed by atoms with van der Waals surface area (Å²) < 4.78 is 7.75. The van der Waals surface area contributed by atoms with E-state index in [0.29, 0.717) is 6.54 Å². The van der Waals surface area contributed by atoms with E-state index in [4.69, 9.17) is 4.74 Å². The number of hydrogen-bond acceptors (Lipinski definition) is 5. The van der Waals surface area contributed by atoms with Crippen LogP contribution in [0.4, 0.5) is 5.69 Å². The number of benzene rings is 1. The van der Waals surface area contributed by atoms with E-state index in [-0.39, 0.29) is 5.69 Å². The van der Waals surface area contributed by atoms with Gasteiger partial charge in [0.1, 0.15) is 5.82 Å². The molecule has 7 heteroatoms. The molecule has 124 valence electrons. The molecule has 0 aliphatic carbocycles. The number of pyridine rings is 1. The summed E-state index contributed by atoms with van der Waals surface area (Å²) in [5.41, 5.74) is 1.92. The molecule has 0 bridgehead atoms. The van der Waals surface area contributed by atoms with Gasteiger partial charge in [-0.1, -0.05) is 15.9 Å². The molecule has 0 aliphatic rings. The summed E-state index contributed by atoms with van der Waals surface area (Å²) in [5.74, 6) is 0.475. The predicted molar refractivity (Wildman–Crippen MR) is 96.1 cm³/mol. The first-order valence-electron chi connectivity index (χ1n) is 7.35. The van der Waals surface area contributed by atoms with Crippen molar-refractivity contribution in [3.05, 3.63) is 52.7 Å². The molecule has 24 heavy (non-hydrogen) atoms. The van der Waals surface area contributed by atoms with E-state index in [0.717, 1.165) is 26.9 Å². The molecular formula is C17H17BrN4O2. The zero-order chi connectivity index (χ0) is 17.3. The number of rotatable bonds is 4. The molecule has 0 amide bonds. The number of esters is 1. The van der Waals surface area contributed by atoms with Crippen LogP contribution in [0.2, 0.25) is 0 Å². The van der Waals surface area contributed by atoms with E-state index in [1.807, 2.05) is 48.0 Å². The standard InChI is InChI=1S/C17H17BrN4O2/c1-21-7-6-19-16(21)10-22(2)15-9-14(17(23)24-3)20-13-5-4-11(18)8-12(13)15/h4-9H,10H2,1-3H3. The van der Waals surface area contributed by atoms with E-state index in [1.54, 1.807) is 12.3 Å². The smallest absolute Gasteiger partial charge is 0.356 e. The number of hydrogen-bond donors (Lipinski definition) is 0. The second-order valence-electron chi connectivity index (χ2n) is 5.49. The summed E-state index contributed by atoms with van der Waals surface area (Å²) in [5, 5.41) is 0.953. The van der Waals surface area contributed by atoms with E-state index in [1.165, 1.54) is 7.11 Å². The summed E-state index contributed by atoms with van der Waals surface area (Å²) in [7, 11) is 5.27. The Labute approximate surface area is 148 Å². The van der Waals surface area contributed by atoms with Gasteiger partial charge in [-0.3, -0.25) is 0 Å². The molecule has 0 atom stereocenters. The van der Waals surface area contributed by atoms with Crippen LogP contribution in [0.15, 0.2) is 41.1 Å². The van der Waals surface area contributed by atoms with Gasteiger partial charge in [0.25, 0.3) is 0 Å². The maximum atomic E-state index is 11.9. The highest BCUT2D eigenvalue weighted by atomic mass is 79.9. The molecular weight excluding hydrogens is 372 g/mol. The number of methoxy groups -OCH3 is 1. The van der Waals surface area contributed by atoms with Crippen molar-refractivity contribution >= 4 is 38.5 Å². The van der Waals surface area contributed by atoms with E-state index in [9.17, 15) is 4.79 Å². The molecule has 0 aliphatic heterocycles. The Bertz CT molecular complexity index is 907. The van der Waals surface area contributed by atoms with Crippen molar-refractivity contribution in [3.63, 3.8) is 0 Å². The third kappa shape index (κ3) is 3.12. The number of carbonyl (C=O) groups is 1. The van der Waals surface area contributed by atoms with Crippen LogP contribution < -0.4 is 4.90 Å². The lowest BCUT2D eigenvalue weighted by atomic mass is 10.1. The van der Waals surface area contributed by atoms with E-state index >= 15 is 0 Å². The van der Waals surface area contributed by atoms with Gasteiger partial charge in [0, 0.05) is 42.0 Å². The topological polar surface area (TPSA) is 60.2 Å². The molecule has 0 fully saturated rings. The number of aryl methyl sites for hydroxylation is 1. The Balaban J connectivity index is 2.11. The Morgan fingerprint density at radius 3 is 2.83 bits per heavy atom. The summed E-state index contributed by atoms with van der Waals surface area (Å²) >= 11 is 3.49. The molecule has 0 saturated carbocycles. The highest BCUT2D eigenvalue weighted by Crippen LogP contribution is 2.29. The van der Waals surface area contributed by atoms with Gasteiger partial charge in [-0.05, 0) is 24.3 Å². The fourth-order valence-electron chi connectivity index (χ4n) is 2.55. The molecule has 0 saturated heterocycles. The maximum Gasteiger partial charge on any atom is 0.356 e. The number of ether oxygens (including phenoxy) is 1. The SMILES string of the molecule is COC(=O)c1cc(N(C)Cc2nccn2C)c2cc(Br)ccc2n1. The average molecular weight is 389 g/mol. The van der Waals surface area contributed by atoms with Crippen molar-refractivity contribution in [1.29, 1.82) is 0 Å². The van der Waals surface area contributed by atoms with Crippen molar-refractivity contribution in [3.8, 4) is 0 Å². The fraction of sp³-hybridized carbons (Fsp3) is 0.235.